The van der Waals surface area contributed by atoms with E-state index < -0.39 is 47.0 Å². The summed E-state index contributed by atoms with van der Waals surface area (Å²) in [6.45, 7) is 0. The third-order valence-corrected chi connectivity index (χ3v) is 5.01. The number of hydrogen-bond acceptors (Lipinski definition) is 3. The molecule has 29 heavy (non-hydrogen) atoms. The first-order valence-corrected chi connectivity index (χ1v) is 9.07. The number of para-hydroxylation sites is 1. The van der Waals surface area contributed by atoms with Crippen molar-refractivity contribution < 1.29 is 26.7 Å². The lowest BCUT2D eigenvalue weighted by Gasteiger charge is -2.07. The van der Waals surface area contributed by atoms with Crippen LogP contribution in [0.15, 0.2) is 35.8 Å². The highest BCUT2D eigenvalue weighted by atomic mass is 32.1. The Kier molecular flexibility index (Phi) is 4.79. The Hall–Kier alpha value is -3.27. The van der Waals surface area contributed by atoms with Gasteiger partial charge in [-0.1, -0.05) is 18.2 Å². The van der Waals surface area contributed by atoms with Crippen molar-refractivity contribution in [3.63, 3.8) is 0 Å². The third-order valence-electron chi connectivity index (χ3n) is 4.25. The second-order valence-electron chi connectivity index (χ2n) is 6.06. The van der Waals surface area contributed by atoms with Crippen molar-refractivity contribution in [3.05, 3.63) is 70.5 Å². The largest absolute Gasteiger partial charge is 0.360 e. The van der Waals surface area contributed by atoms with Crippen LogP contribution in [0.3, 0.4) is 0 Å². The van der Waals surface area contributed by atoms with Crippen molar-refractivity contribution in [1.82, 2.24) is 9.97 Å². The summed E-state index contributed by atoms with van der Waals surface area (Å²) in [5.41, 5.74) is 1.04. The summed E-state index contributed by atoms with van der Waals surface area (Å²) >= 11 is 1.06. The SMILES string of the molecule is O=C(Cc1c(F)c(F)c(F)c(F)c1F)Nc1nc(-c2c[nH]c3ccccc23)cs1. The van der Waals surface area contributed by atoms with Gasteiger partial charge in [0.25, 0.3) is 0 Å². The molecule has 4 rings (SSSR count). The van der Waals surface area contributed by atoms with Crippen molar-refractivity contribution in [1.29, 1.82) is 0 Å². The Labute approximate surface area is 164 Å². The van der Waals surface area contributed by atoms with Gasteiger partial charge in [-0.25, -0.2) is 26.9 Å². The molecule has 0 radical (unpaired) electrons. The van der Waals surface area contributed by atoms with E-state index >= 15 is 0 Å². The zero-order chi connectivity index (χ0) is 20.7. The smallest absolute Gasteiger partial charge is 0.230 e. The topological polar surface area (TPSA) is 57.8 Å². The van der Waals surface area contributed by atoms with E-state index in [9.17, 15) is 26.7 Å². The average molecular weight is 423 g/mol. The van der Waals surface area contributed by atoms with Gasteiger partial charge in [0.2, 0.25) is 11.7 Å². The molecule has 0 bridgehead atoms. The van der Waals surface area contributed by atoms with E-state index in [-0.39, 0.29) is 5.13 Å². The molecule has 0 saturated heterocycles. The van der Waals surface area contributed by atoms with Gasteiger partial charge in [0.1, 0.15) is 0 Å². The molecule has 0 atom stereocenters. The van der Waals surface area contributed by atoms with Gasteiger partial charge in [0.15, 0.2) is 28.4 Å². The van der Waals surface area contributed by atoms with Crippen LogP contribution in [-0.4, -0.2) is 15.9 Å². The number of benzene rings is 2. The number of carbonyl (C=O) groups is 1. The number of hydrogen-bond donors (Lipinski definition) is 2. The molecule has 0 spiro atoms. The van der Waals surface area contributed by atoms with Gasteiger partial charge in [-0.05, 0) is 6.07 Å². The number of rotatable bonds is 4. The van der Waals surface area contributed by atoms with Crippen LogP contribution < -0.4 is 5.32 Å². The Balaban J connectivity index is 1.55. The van der Waals surface area contributed by atoms with Crippen LogP contribution in [0.2, 0.25) is 0 Å². The summed E-state index contributed by atoms with van der Waals surface area (Å²) in [6.07, 6.45) is 0.716. The Morgan fingerprint density at radius 1 is 1.00 bits per heavy atom. The van der Waals surface area contributed by atoms with E-state index in [0.717, 1.165) is 27.8 Å². The molecular formula is C19H10F5N3OS. The van der Waals surface area contributed by atoms with Crippen molar-refractivity contribution in [2.45, 2.75) is 6.42 Å². The molecule has 0 saturated carbocycles. The molecule has 4 nitrogen and oxygen atoms in total. The summed E-state index contributed by atoms with van der Waals surface area (Å²) in [4.78, 5) is 19.4. The minimum atomic E-state index is -2.27. The van der Waals surface area contributed by atoms with Crippen molar-refractivity contribution in [3.8, 4) is 11.3 Å². The van der Waals surface area contributed by atoms with Crippen molar-refractivity contribution >= 4 is 33.3 Å². The van der Waals surface area contributed by atoms with Crippen LogP contribution in [0.25, 0.3) is 22.2 Å². The molecule has 2 heterocycles. The van der Waals surface area contributed by atoms with Gasteiger partial charge in [-0.2, -0.15) is 0 Å². The van der Waals surface area contributed by atoms with Gasteiger partial charge in [-0.15, -0.1) is 11.3 Å². The lowest BCUT2D eigenvalue weighted by Crippen LogP contribution is -2.18. The standard InChI is InChI=1S/C19H10F5N3OS/c20-14-9(15(21)17(23)18(24)16(14)22)5-13(28)27-19-26-12(7-29-19)10-6-25-11-4-2-1-3-8(10)11/h1-4,6-7,25H,5H2,(H,26,27,28). The fraction of sp³-hybridized carbons (Fsp3) is 0.0526. The van der Waals surface area contributed by atoms with Crippen molar-refractivity contribution in [2.24, 2.45) is 0 Å². The zero-order valence-electron chi connectivity index (χ0n) is 14.3. The minimum absolute atomic E-state index is 0.124. The first-order valence-electron chi connectivity index (χ1n) is 8.19. The van der Waals surface area contributed by atoms with Crippen LogP contribution in [0.4, 0.5) is 27.1 Å². The number of carbonyl (C=O) groups excluding carboxylic acids is 1. The number of anilines is 1. The predicted octanol–water partition coefficient (Wildman–Crippen LogP) is 5.17. The fourth-order valence-electron chi connectivity index (χ4n) is 2.87. The molecule has 148 valence electrons. The zero-order valence-corrected chi connectivity index (χ0v) is 15.1. The maximum absolute atomic E-state index is 13.7. The number of aromatic amines is 1. The molecule has 0 unspecified atom stereocenters. The fourth-order valence-corrected chi connectivity index (χ4v) is 3.59. The molecule has 0 aliphatic heterocycles. The van der Waals surface area contributed by atoms with Gasteiger partial charge in [0, 0.05) is 33.6 Å². The molecule has 2 N–H and O–H groups in total. The first-order chi connectivity index (χ1) is 13.9. The van der Waals surface area contributed by atoms with E-state index in [2.05, 4.69) is 15.3 Å². The van der Waals surface area contributed by atoms with E-state index in [1.54, 1.807) is 11.6 Å². The number of nitrogens with zero attached hydrogens (tertiary/aromatic N) is 1. The highest BCUT2D eigenvalue weighted by Crippen LogP contribution is 2.31. The number of H-pyrrole nitrogens is 1. The van der Waals surface area contributed by atoms with E-state index in [1.165, 1.54) is 0 Å². The lowest BCUT2D eigenvalue weighted by molar-refractivity contribution is -0.115. The third kappa shape index (κ3) is 3.35. The van der Waals surface area contributed by atoms with E-state index in [1.807, 2.05) is 24.3 Å². The van der Waals surface area contributed by atoms with Gasteiger partial charge >= 0.3 is 0 Å². The number of thiazole rings is 1. The van der Waals surface area contributed by atoms with Gasteiger partial charge in [0.05, 0.1) is 12.1 Å². The summed E-state index contributed by atoms with van der Waals surface area (Å²) in [5.74, 6) is -11.5. The molecule has 1 amide bonds. The molecule has 2 aromatic carbocycles. The highest BCUT2D eigenvalue weighted by molar-refractivity contribution is 7.14. The summed E-state index contributed by atoms with van der Waals surface area (Å²) in [6, 6.07) is 7.51. The number of halogens is 5. The number of fused-ring (bicyclic) bond motifs is 1. The molecule has 0 aliphatic carbocycles. The summed E-state index contributed by atoms with van der Waals surface area (Å²) in [5, 5.41) is 5.02. The molecule has 10 heteroatoms. The number of aromatic nitrogens is 2. The highest BCUT2D eigenvalue weighted by Gasteiger charge is 2.27. The van der Waals surface area contributed by atoms with E-state index in [0.29, 0.717) is 5.69 Å². The van der Waals surface area contributed by atoms with Gasteiger partial charge < -0.3 is 10.3 Å². The molecule has 2 aromatic heterocycles. The minimum Gasteiger partial charge on any atom is -0.360 e. The molecule has 0 aliphatic rings. The number of amides is 1. The van der Waals surface area contributed by atoms with Crippen LogP contribution in [0.5, 0.6) is 0 Å². The normalized spacial score (nSPS) is 11.2. The van der Waals surface area contributed by atoms with Crippen molar-refractivity contribution in [2.75, 3.05) is 5.32 Å². The predicted molar refractivity (Wildman–Crippen MR) is 98.0 cm³/mol. The summed E-state index contributed by atoms with van der Waals surface area (Å²) < 4.78 is 67.1. The summed E-state index contributed by atoms with van der Waals surface area (Å²) in [7, 11) is 0. The lowest BCUT2D eigenvalue weighted by atomic mass is 10.1. The van der Waals surface area contributed by atoms with E-state index in [4.69, 9.17) is 0 Å². The average Bonchev–Trinajstić information content (AvgIpc) is 3.35. The van der Waals surface area contributed by atoms with Crippen LogP contribution in [-0.2, 0) is 11.2 Å². The maximum atomic E-state index is 13.7. The first kappa shape index (κ1) is 19.1. The maximum Gasteiger partial charge on any atom is 0.230 e. The van der Waals surface area contributed by atoms with Gasteiger partial charge in [-0.3, -0.25) is 4.79 Å². The monoisotopic (exact) mass is 423 g/mol. The molecular weight excluding hydrogens is 413 g/mol. The molecule has 4 aromatic rings. The van der Waals surface area contributed by atoms with Crippen LogP contribution >= 0.6 is 11.3 Å². The van der Waals surface area contributed by atoms with Crippen LogP contribution in [0.1, 0.15) is 5.56 Å². The molecule has 0 fully saturated rings. The quantitative estimate of drug-likeness (QED) is 0.270. The Morgan fingerprint density at radius 2 is 1.66 bits per heavy atom. The number of nitrogens with one attached hydrogen (secondary N) is 2. The Bertz CT molecular complexity index is 1220. The second-order valence-corrected chi connectivity index (χ2v) is 6.92. The second kappa shape index (κ2) is 7.28. The Morgan fingerprint density at radius 3 is 2.38 bits per heavy atom. The van der Waals surface area contributed by atoms with Crippen LogP contribution in [0, 0.1) is 29.1 Å².